The minimum Gasteiger partial charge on any atom is -0.406 e. The lowest BCUT2D eigenvalue weighted by Crippen LogP contribution is -2.15. The minimum atomic E-state index is -0.277. The summed E-state index contributed by atoms with van der Waals surface area (Å²) in [4.78, 5) is 2.99. The molecule has 0 aliphatic carbocycles. The van der Waals surface area contributed by atoms with E-state index in [2.05, 4.69) is 10.2 Å². The number of hydrogen-bond acceptors (Lipinski definition) is 5. The molecular formula is C10H11Cl2N3OS. The van der Waals surface area contributed by atoms with Crippen molar-refractivity contribution in [2.75, 3.05) is 11.9 Å². The molecular weight excluding hydrogens is 281 g/mol. The van der Waals surface area contributed by atoms with E-state index < -0.39 is 0 Å². The van der Waals surface area contributed by atoms with E-state index in [1.54, 1.807) is 6.92 Å². The number of aromatic nitrogens is 2. The van der Waals surface area contributed by atoms with Crippen molar-refractivity contribution in [1.29, 1.82) is 0 Å². The second-order valence-electron chi connectivity index (χ2n) is 3.60. The molecule has 0 fully saturated rings. The van der Waals surface area contributed by atoms with E-state index in [1.807, 2.05) is 24.1 Å². The Morgan fingerprint density at radius 3 is 2.76 bits per heavy atom. The fourth-order valence-electron chi connectivity index (χ4n) is 1.28. The zero-order chi connectivity index (χ0) is 12.4. The first-order valence-corrected chi connectivity index (χ1v) is 6.62. The monoisotopic (exact) mass is 291 g/mol. The third kappa shape index (κ3) is 3.12. The van der Waals surface area contributed by atoms with Gasteiger partial charge in [-0.3, -0.25) is 0 Å². The third-order valence-corrected chi connectivity index (χ3v) is 3.52. The predicted molar refractivity (Wildman–Crippen MR) is 70.0 cm³/mol. The number of alkyl halides is 1. The lowest BCUT2D eigenvalue weighted by Gasteiger charge is -2.11. The highest BCUT2D eigenvalue weighted by Crippen LogP contribution is 2.25. The standard InChI is InChI=1S/C10H11Cl2N3OS/c1-6(11)9-13-14-10(16-9)15(2)5-7-3-4-8(12)17-7/h3-4,6H,5H2,1-2H3. The number of hydrogen-bond donors (Lipinski definition) is 0. The van der Waals surface area contributed by atoms with Crippen LogP contribution in [-0.2, 0) is 6.54 Å². The summed E-state index contributed by atoms with van der Waals surface area (Å²) in [6, 6.07) is 4.30. The molecule has 0 aromatic carbocycles. The predicted octanol–water partition coefficient (Wildman–Crippen LogP) is 3.72. The largest absolute Gasteiger partial charge is 0.406 e. The first kappa shape index (κ1) is 12.7. The normalized spacial score (nSPS) is 12.7. The quantitative estimate of drug-likeness (QED) is 0.805. The maximum absolute atomic E-state index is 5.87. The average Bonchev–Trinajstić information content (AvgIpc) is 2.86. The molecule has 7 heteroatoms. The molecule has 2 aromatic heterocycles. The average molecular weight is 292 g/mol. The van der Waals surface area contributed by atoms with Crippen LogP contribution >= 0.6 is 34.5 Å². The fourth-order valence-corrected chi connectivity index (χ4v) is 2.51. The summed E-state index contributed by atoms with van der Waals surface area (Å²) in [7, 11) is 1.88. The zero-order valence-corrected chi connectivity index (χ0v) is 11.7. The summed E-state index contributed by atoms with van der Waals surface area (Å²) < 4.78 is 6.20. The number of rotatable bonds is 4. The molecule has 0 saturated heterocycles. The van der Waals surface area contributed by atoms with Crippen LogP contribution in [0.3, 0.4) is 0 Å². The molecule has 0 N–H and O–H groups in total. The zero-order valence-electron chi connectivity index (χ0n) is 9.35. The van der Waals surface area contributed by atoms with Crippen LogP contribution < -0.4 is 4.90 Å². The SMILES string of the molecule is CC(Cl)c1nnc(N(C)Cc2ccc(Cl)s2)o1. The van der Waals surface area contributed by atoms with Crippen molar-refractivity contribution >= 4 is 40.6 Å². The van der Waals surface area contributed by atoms with Crippen LogP contribution in [0.15, 0.2) is 16.5 Å². The molecule has 2 aromatic rings. The van der Waals surface area contributed by atoms with Crippen molar-refractivity contribution in [3.05, 3.63) is 27.2 Å². The van der Waals surface area contributed by atoms with Gasteiger partial charge in [0.25, 0.3) is 0 Å². The number of anilines is 1. The Balaban J connectivity index is 2.06. The van der Waals surface area contributed by atoms with Crippen LogP contribution in [0.25, 0.3) is 0 Å². The molecule has 1 atom stereocenters. The smallest absolute Gasteiger partial charge is 0.318 e. The van der Waals surface area contributed by atoms with Gasteiger partial charge in [-0.05, 0) is 19.1 Å². The molecule has 92 valence electrons. The van der Waals surface area contributed by atoms with E-state index in [0.29, 0.717) is 18.5 Å². The van der Waals surface area contributed by atoms with Gasteiger partial charge in [0.2, 0.25) is 5.89 Å². The van der Waals surface area contributed by atoms with Gasteiger partial charge in [-0.1, -0.05) is 16.7 Å². The van der Waals surface area contributed by atoms with Crippen molar-refractivity contribution in [1.82, 2.24) is 10.2 Å². The van der Waals surface area contributed by atoms with Gasteiger partial charge >= 0.3 is 6.01 Å². The molecule has 2 rings (SSSR count). The summed E-state index contributed by atoms with van der Waals surface area (Å²) in [6.07, 6.45) is 0. The van der Waals surface area contributed by atoms with E-state index in [0.717, 1.165) is 9.21 Å². The van der Waals surface area contributed by atoms with E-state index in [9.17, 15) is 0 Å². The highest BCUT2D eigenvalue weighted by atomic mass is 35.5. The van der Waals surface area contributed by atoms with Gasteiger partial charge in [-0.25, -0.2) is 0 Å². The van der Waals surface area contributed by atoms with Gasteiger partial charge in [-0.15, -0.1) is 28.0 Å². The van der Waals surface area contributed by atoms with Crippen LogP contribution in [-0.4, -0.2) is 17.2 Å². The summed E-state index contributed by atoms with van der Waals surface area (Å²) in [5.41, 5.74) is 0. The molecule has 0 aliphatic rings. The Bertz CT molecular complexity index is 497. The summed E-state index contributed by atoms with van der Waals surface area (Å²) in [5.74, 6) is 0.428. The molecule has 0 bridgehead atoms. The first-order chi connectivity index (χ1) is 8.06. The molecule has 0 radical (unpaired) electrons. The van der Waals surface area contributed by atoms with E-state index in [-0.39, 0.29) is 5.38 Å². The van der Waals surface area contributed by atoms with Crippen LogP contribution in [0.1, 0.15) is 23.1 Å². The molecule has 0 amide bonds. The first-order valence-electron chi connectivity index (χ1n) is 4.99. The summed E-state index contributed by atoms with van der Waals surface area (Å²) in [5, 5.41) is 7.53. The van der Waals surface area contributed by atoms with Gasteiger partial charge < -0.3 is 9.32 Å². The Labute approximate surface area is 113 Å². The molecule has 0 spiro atoms. The van der Waals surface area contributed by atoms with Crippen LogP contribution in [0.2, 0.25) is 4.34 Å². The minimum absolute atomic E-state index is 0.277. The Kier molecular flexibility index (Phi) is 3.91. The number of nitrogens with zero attached hydrogens (tertiary/aromatic N) is 3. The molecule has 1 unspecified atom stereocenters. The van der Waals surface area contributed by atoms with Gasteiger partial charge in [-0.2, -0.15) is 0 Å². The maximum Gasteiger partial charge on any atom is 0.318 e. The van der Waals surface area contributed by atoms with E-state index in [4.69, 9.17) is 27.6 Å². The molecule has 2 heterocycles. The van der Waals surface area contributed by atoms with Crippen LogP contribution in [0.4, 0.5) is 6.01 Å². The van der Waals surface area contributed by atoms with Gasteiger partial charge in [0.05, 0.1) is 10.9 Å². The lowest BCUT2D eigenvalue weighted by molar-refractivity contribution is 0.490. The molecule has 4 nitrogen and oxygen atoms in total. The van der Waals surface area contributed by atoms with Gasteiger partial charge in [0.1, 0.15) is 5.38 Å². The van der Waals surface area contributed by atoms with Gasteiger partial charge in [0, 0.05) is 11.9 Å². The van der Waals surface area contributed by atoms with Crippen molar-refractivity contribution < 1.29 is 4.42 Å². The van der Waals surface area contributed by atoms with Crippen LogP contribution in [0, 0.1) is 0 Å². The van der Waals surface area contributed by atoms with E-state index >= 15 is 0 Å². The highest BCUT2D eigenvalue weighted by Gasteiger charge is 2.14. The number of halogens is 2. The summed E-state index contributed by atoms with van der Waals surface area (Å²) in [6.45, 7) is 2.47. The van der Waals surface area contributed by atoms with Crippen molar-refractivity contribution in [3.63, 3.8) is 0 Å². The second kappa shape index (κ2) is 5.25. The fraction of sp³-hybridized carbons (Fsp3) is 0.400. The van der Waals surface area contributed by atoms with E-state index in [1.165, 1.54) is 11.3 Å². The van der Waals surface area contributed by atoms with Crippen molar-refractivity contribution in [2.24, 2.45) is 0 Å². The highest BCUT2D eigenvalue weighted by molar-refractivity contribution is 7.16. The van der Waals surface area contributed by atoms with Gasteiger partial charge in [0.15, 0.2) is 0 Å². The summed E-state index contributed by atoms with van der Waals surface area (Å²) >= 11 is 13.3. The van der Waals surface area contributed by atoms with Crippen molar-refractivity contribution in [3.8, 4) is 0 Å². The Morgan fingerprint density at radius 1 is 1.47 bits per heavy atom. The topological polar surface area (TPSA) is 42.2 Å². The Hall–Kier alpha value is -0.780. The molecule has 17 heavy (non-hydrogen) atoms. The second-order valence-corrected chi connectivity index (χ2v) is 6.06. The molecule has 0 aliphatic heterocycles. The Morgan fingerprint density at radius 2 is 2.24 bits per heavy atom. The van der Waals surface area contributed by atoms with Crippen molar-refractivity contribution in [2.45, 2.75) is 18.8 Å². The number of thiophene rings is 1. The lowest BCUT2D eigenvalue weighted by atomic mass is 10.4. The van der Waals surface area contributed by atoms with Crippen LogP contribution in [0.5, 0.6) is 0 Å². The third-order valence-electron chi connectivity index (χ3n) is 2.12. The maximum atomic E-state index is 5.87. The molecule has 0 saturated carbocycles.